The Morgan fingerprint density at radius 3 is 2.39 bits per heavy atom. The zero-order chi connectivity index (χ0) is 22.5. The average molecular weight is 425 g/mol. The lowest BCUT2D eigenvalue weighted by atomic mass is 10.2. The number of rotatable bonds is 6. The molecule has 164 valence electrons. The highest BCUT2D eigenvalue weighted by Crippen LogP contribution is 2.33. The van der Waals surface area contributed by atoms with Crippen molar-refractivity contribution in [1.82, 2.24) is 4.90 Å². The van der Waals surface area contributed by atoms with Crippen molar-refractivity contribution in [3.05, 3.63) is 54.1 Å². The maximum atomic E-state index is 12.5. The van der Waals surface area contributed by atoms with Gasteiger partial charge in [-0.3, -0.25) is 9.59 Å². The predicted octanol–water partition coefficient (Wildman–Crippen LogP) is 2.07. The van der Waals surface area contributed by atoms with Crippen molar-refractivity contribution >= 4 is 29.2 Å². The Morgan fingerprint density at radius 2 is 1.74 bits per heavy atom. The van der Waals surface area contributed by atoms with Crippen molar-refractivity contribution in [3.8, 4) is 5.75 Å². The molecule has 8 nitrogen and oxygen atoms in total. The van der Waals surface area contributed by atoms with Crippen molar-refractivity contribution < 1.29 is 23.9 Å². The van der Waals surface area contributed by atoms with Crippen LogP contribution < -0.4 is 14.5 Å². The van der Waals surface area contributed by atoms with Gasteiger partial charge >= 0.3 is 5.97 Å². The fourth-order valence-electron chi connectivity index (χ4n) is 3.25. The SMILES string of the molecule is CC(=O)N1C[C@H](C(=O)OCC(=O)N(C)Cc2ccc(N(C)C)cc2)Oc2ccccc21. The predicted molar refractivity (Wildman–Crippen MR) is 117 cm³/mol. The summed E-state index contributed by atoms with van der Waals surface area (Å²) in [5, 5.41) is 0. The topological polar surface area (TPSA) is 79.4 Å². The van der Waals surface area contributed by atoms with E-state index in [1.54, 1.807) is 31.3 Å². The monoisotopic (exact) mass is 425 g/mol. The van der Waals surface area contributed by atoms with Gasteiger partial charge in [0, 0.05) is 40.3 Å². The van der Waals surface area contributed by atoms with Gasteiger partial charge in [-0.2, -0.15) is 0 Å². The smallest absolute Gasteiger partial charge is 0.349 e. The van der Waals surface area contributed by atoms with Gasteiger partial charge in [-0.15, -0.1) is 0 Å². The average Bonchev–Trinajstić information content (AvgIpc) is 2.76. The van der Waals surface area contributed by atoms with Crippen molar-refractivity contribution in [2.75, 3.05) is 44.1 Å². The van der Waals surface area contributed by atoms with Crippen molar-refractivity contribution in [3.63, 3.8) is 0 Å². The van der Waals surface area contributed by atoms with Crippen molar-refractivity contribution in [1.29, 1.82) is 0 Å². The molecule has 0 radical (unpaired) electrons. The number of hydrogen-bond donors (Lipinski definition) is 0. The fraction of sp³-hybridized carbons (Fsp3) is 0.348. The molecule has 1 aliphatic heterocycles. The highest BCUT2D eigenvalue weighted by Gasteiger charge is 2.34. The lowest BCUT2D eigenvalue weighted by Crippen LogP contribution is -2.47. The van der Waals surface area contributed by atoms with E-state index in [0.717, 1.165) is 11.3 Å². The molecule has 0 fully saturated rings. The molecule has 0 aliphatic carbocycles. The van der Waals surface area contributed by atoms with Crippen LogP contribution in [0.25, 0.3) is 0 Å². The zero-order valence-electron chi connectivity index (χ0n) is 18.2. The van der Waals surface area contributed by atoms with Gasteiger partial charge in [0.15, 0.2) is 6.61 Å². The van der Waals surface area contributed by atoms with E-state index >= 15 is 0 Å². The largest absolute Gasteiger partial charge is 0.475 e. The molecular weight excluding hydrogens is 398 g/mol. The number of fused-ring (bicyclic) bond motifs is 1. The van der Waals surface area contributed by atoms with E-state index in [2.05, 4.69) is 0 Å². The Morgan fingerprint density at radius 1 is 1.06 bits per heavy atom. The number of likely N-dealkylation sites (N-methyl/N-ethyl adjacent to an activating group) is 1. The summed E-state index contributed by atoms with van der Waals surface area (Å²) in [5.41, 5.74) is 2.65. The number of anilines is 2. The summed E-state index contributed by atoms with van der Waals surface area (Å²) < 4.78 is 10.9. The second-order valence-electron chi connectivity index (χ2n) is 7.62. The highest BCUT2D eigenvalue weighted by atomic mass is 16.6. The van der Waals surface area contributed by atoms with Gasteiger partial charge in [-0.25, -0.2) is 4.79 Å². The standard InChI is InChI=1S/C23H27N3O5/c1-16(27)26-14-21(31-20-8-6-5-7-19(20)26)23(29)30-15-22(28)25(4)13-17-9-11-18(12-10-17)24(2)3/h5-12,21H,13-15H2,1-4H3/t21-/m1/s1. The molecule has 2 amide bonds. The Hall–Kier alpha value is -3.55. The molecule has 3 rings (SSSR count). The molecule has 1 aliphatic rings. The van der Waals surface area contributed by atoms with Gasteiger partial charge in [-0.1, -0.05) is 24.3 Å². The maximum Gasteiger partial charge on any atom is 0.349 e. The number of ether oxygens (including phenoxy) is 2. The number of para-hydroxylation sites is 2. The molecule has 8 heteroatoms. The summed E-state index contributed by atoms with van der Waals surface area (Å²) in [6.07, 6.45) is -0.990. The zero-order valence-corrected chi connectivity index (χ0v) is 18.2. The second kappa shape index (κ2) is 9.51. The summed E-state index contributed by atoms with van der Waals surface area (Å²) in [5.74, 6) is -0.789. The van der Waals surface area contributed by atoms with Gasteiger partial charge in [-0.05, 0) is 29.8 Å². The quantitative estimate of drug-likeness (QED) is 0.660. The lowest BCUT2D eigenvalue weighted by Gasteiger charge is -2.33. The second-order valence-corrected chi connectivity index (χ2v) is 7.62. The highest BCUT2D eigenvalue weighted by molar-refractivity contribution is 5.95. The minimum absolute atomic E-state index is 0.0352. The van der Waals surface area contributed by atoms with Crippen molar-refractivity contribution in [2.45, 2.75) is 19.6 Å². The number of benzene rings is 2. The first-order chi connectivity index (χ1) is 14.8. The van der Waals surface area contributed by atoms with Crippen molar-refractivity contribution in [2.24, 2.45) is 0 Å². The van der Waals surface area contributed by atoms with Crippen LogP contribution in [0.5, 0.6) is 5.75 Å². The molecule has 2 aromatic carbocycles. The minimum Gasteiger partial charge on any atom is -0.475 e. The molecule has 0 N–H and O–H groups in total. The number of esters is 1. The van der Waals surface area contributed by atoms with Crippen LogP contribution >= 0.6 is 0 Å². The molecule has 0 spiro atoms. The molecule has 0 unspecified atom stereocenters. The van der Waals surface area contributed by atoms with Gasteiger partial charge in [0.2, 0.25) is 12.0 Å². The Labute approximate surface area is 181 Å². The Balaban J connectivity index is 1.55. The van der Waals surface area contributed by atoms with Crippen LogP contribution in [-0.2, 0) is 25.7 Å². The third kappa shape index (κ3) is 5.33. The van der Waals surface area contributed by atoms with E-state index in [-0.39, 0.29) is 18.4 Å². The van der Waals surface area contributed by atoms with Gasteiger partial charge in [0.05, 0.1) is 12.2 Å². The molecular formula is C23H27N3O5. The normalized spacial score (nSPS) is 14.8. The van der Waals surface area contributed by atoms with E-state index < -0.39 is 18.7 Å². The summed E-state index contributed by atoms with van der Waals surface area (Å²) in [6.45, 7) is 1.46. The maximum absolute atomic E-state index is 12.5. The molecule has 0 bridgehead atoms. The molecule has 0 aromatic heterocycles. The summed E-state index contributed by atoms with van der Waals surface area (Å²) in [4.78, 5) is 41.9. The molecule has 2 aromatic rings. The minimum atomic E-state index is -0.990. The summed E-state index contributed by atoms with van der Waals surface area (Å²) >= 11 is 0. The van der Waals surface area contributed by atoms with Gasteiger partial charge < -0.3 is 24.2 Å². The fourth-order valence-corrected chi connectivity index (χ4v) is 3.25. The van der Waals surface area contributed by atoms with E-state index in [1.165, 1.54) is 16.7 Å². The third-order valence-electron chi connectivity index (χ3n) is 5.05. The number of nitrogens with zero attached hydrogens (tertiary/aromatic N) is 3. The van der Waals surface area contributed by atoms with E-state index in [0.29, 0.717) is 18.0 Å². The Bertz CT molecular complexity index is 958. The first-order valence-electron chi connectivity index (χ1n) is 9.97. The molecule has 0 saturated heterocycles. The van der Waals surface area contributed by atoms with Gasteiger partial charge in [0.25, 0.3) is 5.91 Å². The van der Waals surface area contributed by atoms with E-state index in [1.807, 2.05) is 43.3 Å². The lowest BCUT2D eigenvalue weighted by molar-refractivity contribution is -0.157. The van der Waals surface area contributed by atoms with E-state index in [4.69, 9.17) is 9.47 Å². The van der Waals surface area contributed by atoms with Crippen LogP contribution in [0.2, 0.25) is 0 Å². The molecule has 1 heterocycles. The first kappa shape index (κ1) is 22.1. The number of carbonyl (C=O) groups is 3. The summed E-state index contributed by atoms with van der Waals surface area (Å²) in [6, 6.07) is 14.9. The first-order valence-corrected chi connectivity index (χ1v) is 9.97. The van der Waals surface area contributed by atoms with Crippen LogP contribution in [0, 0.1) is 0 Å². The summed E-state index contributed by atoms with van der Waals surface area (Å²) in [7, 11) is 5.58. The molecule has 1 atom stereocenters. The molecule has 0 saturated carbocycles. The number of hydrogen-bond acceptors (Lipinski definition) is 6. The number of carbonyl (C=O) groups excluding carboxylic acids is 3. The van der Waals surface area contributed by atoms with Crippen LogP contribution in [-0.4, -0.2) is 63.1 Å². The third-order valence-corrected chi connectivity index (χ3v) is 5.05. The van der Waals surface area contributed by atoms with E-state index in [9.17, 15) is 14.4 Å². The van der Waals surface area contributed by atoms with Crippen LogP contribution in [0.3, 0.4) is 0 Å². The Kier molecular flexibility index (Phi) is 6.79. The van der Waals surface area contributed by atoms with Crippen LogP contribution in [0.1, 0.15) is 12.5 Å². The van der Waals surface area contributed by atoms with Crippen LogP contribution in [0.4, 0.5) is 11.4 Å². The van der Waals surface area contributed by atoms with Crippen LogP contribution in [0.15, 0.2) is 48.5 Å². The molecule has 31 heavy (non-hydrogen) atoms. The number of amides is 2. The van der Waals surface area contributed by atoms with Gasteiger partial charge in [0.1, 0.15) is 5.75 Å².